The van der Waals surface area contributed by atoms with Crippen molar-refractivity contribution >= 4 is 33.2 Å². The molecule has 10 nitrogen and oxygen atoms in total. The fourth-order valence-corrected chi connectivity index (χ4v) is 5.92. The predicted octanol–water partition coefficient (Wildman–Crippen LogP) is 3.33. The van der Waals surface area contributed by atoms with Gasteiger partial charge in [0, 0.05) is 49.3 Å². The van der Waals surface area contributed by atoms with Crippen LogP contribution in [0.25, 0.3) is 0 Å². The number of primary amides is 1. The minimum absolute atomic E-state index is 0.00119. The summed E-state index contributed by atoms with van der Waals surface area (Å²) in [5.41, 5.74) is 8.38. The number of carbonyl (C=O) groups is 2. The molecule has 1 atom stereocenters. The molecule has 0 aliphatic carbocycles. The minimum atomic E-state index is -3.75. The van der Waals surface area contributed by atoms with Gasteiger partial charge < -0.3 is 20.9 Å². The van der Waals surface area contributed by atoms with Crippen LogP contribution in [0.1, 0.15) is 59.9 Å². The standard InChI is InChI=1S/C27H34N6O4S/c1-27(2,3)19-9-7-18(8-10-19)26(35)31-20-11-12-22(25(28)34)23(14-20)30-21-6-5-13-33(15-21)38(36,37)24-16-32(4)17-29-24/h7-12,14,16-17,21,30H,5-6,13,15H2,1-4H3,(H2,28,34)(H,31,35). The molecule has 4 N–H and O–H groups in total. The van der Waals surface area contributed by atoms with Crippen LogP contribution in [-0.2, 0) is 22.5 Å². The number of nitrogens with one attached hydrogen (secondary N) is 2. The van der Waals surface area contributed by atoms with E-state index >= 15 is 0 Å². The van der Waals surface area contributed by atoms with Crippen molar-refractivity contribution in [2.45, 2.75) is 50.1 Å². The number of amides is 2. The number of hydrogen-bond acceptors (Lipinski definition) is 6. The SMILES string of the molecule is Cn1cnc(S(=O)(=O)N2CCCC(Nc3cc(NC(=O)c4ccc(C(C)(C)C)cc4)ccc3C(N)=O)C2)c1. The topological polar surface area (TPSA) is 139 Å². The lowest BCUT2D eigenvalue weighted by Crippen LogP contribution is -2.45. The normalized spacial score (nSPS) is 16.7. The minimum Gasteiger partial charge on any atom is -0.380 e. The van der Waals surface area contributed by atoms with Gasteiger partial charge in [0.05, 0.1) is 11.9 Å². The monoisotopic (exact) mass is 538 g/mol. The van der Waals surface area contributed by atoms with Gasteiger partial charge in [-0.2, -0.15) is 4.31 Å². The summed E-state index contributed by atoms with van der Waals surface area (Å²) in [6.45, 7) is 6.90. The maximum atomic E-state index is 13.1. The van der Waals surface area contributed by atoms with E-state index in [0.717, 1.165) is 5.56 Å². The highest BCUT2D eigenvalue weighted by molar-refractivity contribution is 7.89. The third kappa shape index (κ3) is 6.05. The molecule has 0 saturated carbocycles. The lowest BCUT2D eigenvalue weighted by Gasteiger charge is -2.32. The van der Waals surface area contributed by atoms with E-state index in [1.807, 2.05) is 12.1 Å². The molecule has 11 heteroatoms. The van der Waals surface area contributed by atoms with Crippen molar-refractivity contribution in [3.8, 4) is 0 Å². The van der Waals surface area contributed by atoms with Crippen molar-refractivity contribution < 1.29 is 18.0 Å². The Balaban J connectivity index is 1.51. The Bertz CT molecular complexity index is 1440. The van der Waals surface area contributed by atoms with E-state index in [4.69, 9.17) is 5.73 Å². The predicted molar refractivity (Wildman–Crippen MR) is 147 cm³/mol. The van der Waals surface area contributed by atoms with Gasteiger partial charge in [0.25, 0.3) is 21.8 Å². The van der Waals surface area contributed by atoms with Gasteiger partial charge in [-0.1, -0.05) is 32.9 Å². The number of imidazole rings is 1. The van der Waals surface area contributed by atoms with E-state index in [-0.39, 0.29) is 34.5 Å². The Hall–Kier alpha value is -3.70. The largest absolute Gasteiger partial charge is 0.380 e. The zero-order valence-corrected chi connectivity index (χ0v) is 22.9. The van der Waals surface area contributed by atoms with Crippen LogP contribution in [0, 0.1) is 0 Å². The second-order valence-corrected chi connectivity index (χ2v) is 12.5. The molecule has 2 amide bonds. The van der Waals surface area contributed by atoms with Gasteiger partial charge >= 0.3 is 0 Å². The van der Waals surface area contributed by atoms with E-state index in [1.54, 1.807) is 41.9 Å². The molecule has 2 heterocycles. The summed E-state index contributed by atoms with van der Waals surface area (Å²) >= 11 is 0. The molecule has 4 rings (SSSR count). The molecular weight excluding hydrogens is 504 g/mol. The van der Waals surface area contributed by atoms with Crippen LogP contribution in [0.3, 0.4) is 0 Å². The molecule has 1 saturated heterocycles. The van der Waals surface area contributed by atoms with Crippen molar-refractivity contribution in [3.63, 3.8) is 0 Å². The van der Waals surface area contributed by atoms with Crippen LogP contribution in [-0.4, -0.2) is 53.2 Å². The molecule has 0 spiro atoms. The molecule has 1 aromatic heterocycles. The van der Waals surface area contributed by atoms with E-state index in [9.17, 15) is 18.0 Å². The molecule has 38 heavy (non-hydrogen) atoms. The third-order valence-electron chi connectivity index (χ3n) is 6.59. The number of aromatic nitrogens is 2. The number of sulfonamides is 1. The van der Waals surface area contributed by atoms with Crippen molar-refractivity contribution in [3.05, 3.63) is 71.7 Å². The van der Waals surface area contributed by atoms with Gasteiger partial charge in [-0.3, -0.25) is 9.59 Å². The van der Waals surface area contributed by atoms with E-state index in [1.165, 1.54) is 16.8 Å². The molecule has 1 fully saturated rings. The van der Waals surface area contributed by atoms with Gasteiger partial charge in [-0.25, -0.2) is 13.4 Å². The Labute approximate surface area is 223 Å². The molecule has 2 aromatic carbocycles. The summed E-state index contributed by atoms with van der Waals surface area (Å²) < 4.78 is 29.1. The molecule has 1 aliphatic heterocycles. The number of piperidine rings is 1. The first-order valence-electron chi connectivity index (χ1n) is 12.4. The summed E-state index contributed by atoms with van der Waals surface area (Å²) in [5.74, 6) is -0.912. The lowest BCUT2D eigenvalue weighted by atomic mass is 9.87. The molecule has 1 unspecified atom stereocenters. The maximum Gasteiger partial charge on any atom is 0.262 e. The average Bonchev–Trinajstić information content (AvgIpc) is 3.31. The fourth-order valence-electron chi connectivity index (χ4n) is 4.43. The quantitative estimate of drug-likeness (QED) is 0.422. The average molecular weight is 539 g/mol. The number of hydrogen-bond donors (Lipinski definition) is 3. The van der Waals surface area contributed by atoms with Crippen LogP contribution in [0.5, 0.6) is 0 Å². The van der Waals surface area contributed by atoms with Crippen molar-refractivity contribution in [1.82, 2.24) is 13.9 Å². The molecular formula is C27H34N6O4S. The number of rotatable bonds is 7. The number of anilines is 2. The zero-order chi connectivity index (χ0) is 27.7. The lowest BCUT2D eigenvalue weighted by molar-refractivity contribution is 0.0998. The van der Waals surface area contributed by atoms with Crippen molar-refractivity contribution in [2.24, 2.45) is 12.8 Å². The van der Waals surface area contributed by atoms with Crippen LogP contribution >= 0.6 is 0 Å². The molecule has 202 valence electrons. The van der Waals surface area contributed by atoms with Crippen LogP contribution in [0.2, 0.25) is 0 Å². The Morgan fingerprint density at radius 1 is 1.11 bits per heavy atom. The summed E-state index contributed by atoms with van der Waals surface area (Å²) in [5, 5.41) is 6.15. The van der Waals surface area contributed by atoms with E-state index in [0.29, 0.717) is 36.3 Å². The first kappa shape index (κ1) is 27.3. The van der Waals surface area contributed by atoms with Crippen LogP contribution in [0.15, 0.2) is 60.0 Å². The summed E-state index contributed by atoms with van der Waals surface area (Å²) in [6.07, 6.45) is 4.25. The molecule has 1 aliphatic rings. The number of carbonyl (C=O) groups excluding carboxylic acids is 2. The van der Waals surface area contributed by atoms with Gasteiger partial charge in [0.1, 0.15) is 0 Å². The van der Waals surface area contributed by atoms with Gasteiger partial charge in [0.2, 0.25) is 0 Å². The first-order chi connectivity index (χ1) is 17.8. The van der Waals surface area contributed by atoms with Crippen molar-refractivity contribution in [1.29, 1.82) is 0 Å². The van der Waals surface area contributed by atoms with Gasteiger partial charge in [-0.05, 0) is 54.2 Å². The molecule has 3 aromatic rings. The highest BCUT2D eigenvalue weighted by Gasteiger charge is 2.32. The smallest absolute Gasteiger partial charge is 0.262 e. The molecule has 0 radical (unpaired) electrons. The number of benzene rings is 2. The fraction of sp³-hybridized carbons (Fsp3) is 0.370. The van der Waals surface area contributed by atoms with Crippen LogP contribution in [0.4, 0.5) is 11.4 Å². The Morgan fingerprint density at radius 2 is 1.82 bits per heavy atom. The maximum absolute atomic E-state index is 13.1. The Morgan fingerprint density at radius 3 is 2.42 bits per heavy atom. The number of aryl methyl sites for hydroxylation is 1. The highest BCUT2D eigenvalue weighted by Crippen LogP contribution is 2.27. The zero-order valence-electron chi connectivity index (χ0n) is 22.1. The second-order valence-electron chi connectivity index (χ2n) is 10.6. The number of nitrogens with two attached hydrogens (primary N) is 1. The Kier molecular flexibility index (Phi) is 7.61. The highest BCUT2D eigenvalue weighted by atomic mass is 32.2. The van der Waals surface area contributed by atoms with Crippen LogP contribution < -0.4 is 16.4 Å². The summed E-state index contributed by atoms with van der Waals surface area (Å²) in [7, 11) is -2.03. The second kappa shape index (κ2) is 10.6. The third-order valence-corrected chi connectivity index (χ3v) is 8.34. The molecule has 0 bridgehead atoms. The number of nitrogens with zero attached hydrogens (tertiary/aromatic N) is 3. The van der Waals surface area contributed by atoms with Gasteiger partial charge in [-0.15, -0.1) is 0 Å². The van der Waals surface area contributed by atoms with Gasteiger partial charge in [0.15, 0.2) is 5.03 Å². The van der Waals surface area contributed by atoms with Crippen molar-refractivity contribution in [2.75, 3.05) is 23.7 Å². The van der Waals surface area contributed by atoms with E-state index < -0.39 is 15.9 Å². The summed E-state index contributed by atoms with van der Waals surface area (Å²) in [6, 6.07) is 12.0. The van der Waals surface area contributed by atoms with E-state index in [2.05, 4.69) is 36.4 Å². The summed E-state index contributed by atoms with van der Waals surface area (Å²) in [4.78, 5) is 29.0. The first-order valence-corrected chi connectivity index (χ1v) is 13.9.